The van der Waals surface area contributed by atoms with E-state index in [0.717, 1.165) is 23.1 Å². The molecule has 4 rings (SSSR count). The van der Waals surface area contributed by atoms with Crippen LogP contribution in [0.5, 0.6) is 0 Å². The summed E-state index contributed by atoms with van der Waals surface area (Å²) < 4.78 is 25.6. The third kappa shape index (κ3) is 2.72. The fourth-order valence-corrected chi connectivity index (χ4v) is 4.38. The summed E-state index contributed by atoms with van der Waals surface area (Å²) in [6, 6.07) is 6.38. The van der Waals surface area contributed by atoms with E-state index in [2.05, 4.69) is 28.2 Å². The summed E-state index contributed by atoms with van der Waals surface area (Å²) in [6.07, 6.45) is 2.48. The average molecular weight is 359 g/mol. The van der Waals surface area contributed by atoms with Gasteiger partial charge in [-0.15, -0.1) is 0 Å². The number of carbonyl (C=O) groups is 1. The molecular formula is C20H23F2N3O. The number of aromatic nitrogens is 1. The van der Waals surface area contributed by atoms with Gasteiger partial charge in [0.2, 0.25) is 5.91 Å². The van der Waals surface area contributed by atoms with E-state index in [1.54, 1.807) is 6.92 Å². The van der Waals surface area contributed by atoms with Crippen LogP contribution in [0, 0.1) is 5.92 Å². The number of rotatable bonds is 4. The maximum absolute atomic E-state index is 12.8. The van der Waals surface area contributed by atoms with Gasteiger partial charge in [0.15, 0.2) is 0 Å². The molecule has 0 saturated carbocycles. The fourth-order valence-electron chi connectivity index (χ4n) is 4.38. The van der Waals surface area contributed by atoms with Gasteiger partial charge in [-0.1, -0.05) is 18.2 Å². The molecular weight excluding hydrogens is 336 g/mol. The first kappa shape index (κ1) is 17.2. The number of amides is 1. The lowest BCUT2D eigenvalue weighted by molar-refractivity contribution is -0.136. The molecule has 0 radical (unpaired) electrons. The van der Waals surface area contributed by atoms with Gasteiger partial charge in [0.25, 0.3) is 6.43 Å². The van der Waals surface area contributed by atoms with Crippen LogP contribution >= 0.6 is 0 Å². The van der Waals surface area contributed by atoms with Crippen LogP contribution in [0.1, 0.15) is 18.1 Å². The maximum Gasteiger partial charge on any atom is 0.255 e. The minimum Gasteiger partial charge on any atom is -0.361 e. The summed E-state index contributed by atoms with van der Waals surface area (Å²) in [5.41, 5.74) is 4.68. The molecule has 2 aromatic rings. The summed E-state index contributed by atoms with van der Waals surface area (Å²) >= 11 is 0. The number of hydrogen-bond acceptors (Lipinski definition) is 2. The average Bonchev–Trinajstić information content (AvgIpc) is 3.04. The summed E-state index contributed by atoms with van der Waals surface area (Å²) in [6.45, 7) is 2.10. The largest absolute Gasteiger partial charge is 0.361 e. The molecule has 4 nitrogen and oxygen atoms in total. The third-order valence-electron chi connectivity index (χ3n) is 5.64. The van der Waals surface area contributed by atoms with Gasteiger partial charge >= 0.3 is 0 Å². The van der Waals surface area contributed by atoms with Crippen LogP contribution in [0.15, 0.2) is 30.5 Å². The highest BCUT2D eigenvalue weighted by atomic mass is 19.3. The van der Waals surface area contributed by atoms with Crippen LogP contribution in [0.2, 0.25) is 0 Å². The quantitative estimate of drug-likeness (QED) is 0.911. The van der Waals surface area contributed by atoms with Gasteiger partial charge in [-0.25, -0.2) is 8.78 Å². The van der Waals surface area contributed by atoms with Crippen molar-refractivity contribution in [2.45, 2.75) is 25.8 Å². The van der Waals surface area contributed by atoms with Gasteiger partial charge in [-0.3, -0.25) is 9.69 Å². The first-order valence-electron chi connectivity index (χ1n) is 9.07. The number of nitrogens with zero attached hydrogens (tertiary/aromatic N) is 2. The van der Waals surface area contributed by atoms with Crippen LogP contribution < -0.4 is 0 Å². The number of aromatic amines is 1. The second-order valence-corrected chi connectivity index (χ2v) is 7.20. The topological polar surface area (TPSA) is 39.3 Å². The predicted molar refractivity (Wildman–Crippen MR) is 98.1 cm³/mol. The van der Waals surface area contributed by atoms with Crippen molar-refractivity contribution in [3.8, 4) is 0 Å². The zero-order valence-electron chi connectivity index (χ0n) is 15.0. The zero-order chi connectivity index (χ0) is 18.4. The Hall–Kier alpha value is -2.21. The third-order valence-corrected chi connectivity index (χ3v) is 5.64. The molecule has 1 aromatic heterocycles. The molecule has 26 heavy (non-hydrogen) atoms. The SMILES string of the molecule is CCN(CC(F)F)C(=O)[C@@H]1C=C2c3cccc4[nH]cc(c34)C[C@H]2N(C)C1. The molecule has 0 saturated heterocycles. The van der Waals surface area contributed by atoms with Gasteiger partial charge < -0.3 is 9.88 Å². The Kier molecular flexibility index (Phi) is 4.31. The Bertz CT molecular complexity index is 873. The normalized spacial score (nSPS) is 22.4. The molecule has 0 spiro atoms. The van der Waals surface area contributed by atoms with Gasteiger partial charge in [0.05, 0.1) is 12.5 Å². The Morgan fingerprint density at radius 2 is 2.23 bits per heavy atom. The van der Waals surface area contributed by atoms with E-state index in [0.29, 0.717) is 13.1 Å². The number of nitrogens with one attached hydrogen (secondary N) is 1. The minimum atomic E-state index is -2.51. The highest BCUT2D eigenvalue weighted by Crippen LogP contribution is 2.40. The molecule has 2 aliphatic rings. The van der Waals surface area contributed by atoms with Crippen molar-refractivity contribution in [2.75, 3.05) is 26.7 Å². The molecule has 0 unspecified atom stereocenters. The van der Waals surface area contributed by atoms with Crippen molar-refractivity contribution in [1.82, 2.24) is 14.8 Å². The summed E-state index contributed by atoms with van der Waals surface area (Å²) in [5.74, 6) is -0.599. The van der Waals surface area contributed by atoms with E-state index in [1.807, 2.05) is 19.2 Å². The number of hydrogen-bond donors (Lipinski definition) is 1. The summed E-state index contributed by atoms with van der Waals surface area (Å²) in [5, 5.41) is 1.22. The standard InChI is InChI=1S/C20H23F2N3O/c1-3-25(11-18(21)22)20(26)13-7-15-14-5-4-6-16-19(14)12(9-23-16)8-17(15)24(2)10-13/h4-7,9,13,17-18,23H,3,8,10-11H2,1-2H3/t13-,17-/m1/s1. The molecule has 1 N–H and O–H groups in total. The predicted octanol–water partition coefficient (Wildman–Crippen LogP) is 3.15. The lowest BCUT2D eigenvalue weighted by atomic mass is 9.79. The smallest absolute Gasteiger partial charge is 0.255 e. The van der Waals surface area contributed by atoms with Crippen molar-refractivity contribution in [3.05, 3.63) is 41.6 Å². The molecule has 2 atom stereocenters. The lowest BCUT2D eigenvalue weighted by Gasteiger charge is -2.40. The Balaban J connectivity index is 1.73. The van der Waals surface area contributed by atoms with Gasteiger partial charge in [0.1, 0.15) is 0 Å². The molecule has 0 fully saturated rings. The van der Waals surface area contributed by atoms with Crippen molar-refractivity contribution in [1.29, 1.82) is 0 Å². The number of alkyl halides is 2. The van der Waals surface area contributed by atoms with Crippen molar-refractivity contribution in [3.63, 3.8) is 0 Å². The molecule has 138 valence electrons. The van der Waals surface area contributed by atoms with Crippen LogP contribution in [-0.4, -0.2) is 59.8 Å². The van der Waals surface area contributed by atoms with Gasteiger partial charge in [-0.05, 0) is 43.2 Å². The first-order chi connectivity index (χ1) is 12.5. The first-order valence-corrected chi connectivity index (χ1v) is 9.07. The highest BCUT2D eigenvalue weighted by Gasteiger charge is 2.36. The zero-order valence-corrected chi connectivity index (χ0v) is 15.0. The highest BCUT2D eigenvalue weighted by molar-refractivity contribution is 5.99. The molecule has 2 heterocycles. The molecule has 1 aliphatic heterocycles. The second kappa shape index (κ2) is 6.50. The number of halogens is 2. The van der Waals surface area contributed by atoms with Gasteiger partial charge in [0, 0.05) is 36.2 Å². The van der Waals surface area contributed by atoms with Gasteiger partial charge in [-0.2, -0.15) is 0 Å². The molecule has 1 aromatic carbocycles. The second-order valence-electron chi connectivity index (χ2n) is 7.20. The van der Waals surface area contributed by atoms with Crippen LogP contribution in [-0.2, 0) is 11.2 Å². The minimum absolute atomic E-state index is 0.211. The van der Waals surface area contributed by atoms with E-state index in [-0.39, 0.29) is 17.9 Å². The van der Waals surface area contributed by atoms with E-state index in [4.69, 9.17) is 0 Å². The van der Waals surface area contributed by atoms with E-state index in [1.165, 1.54) is 15.8 Å². The molecule has 6 heteroatoms. The van der Waals surface area contributed by atoms with Crippen LogP contribution in [0.4, 0.5) is 8.78 Å². The Morgan fingerprint density at radius 3 is 2.96 bits per heavy atom. The van der Waals surface area contributed by atoms with Crippen molar-refractivity contribution >= 4 is 22.4 Å². The molecule has 0 bridgehead atoms. The maximum atomic E-state index is 12.8. The number of H-pyrrole nitrogens is 1. The Labute approximate surface area is 151 Å². The lowest BCUT2D eigenvalue weighted by Crippen LogP contribution is -2.48. The number of benzene rings is 1. The van der Waals surface area contributed by atoms with Crippen molar-refractivity contribution < 1.29 is 13.6 Å². The fraction of sp³-hybridized carbons (Fsp3) is 0.450. The monoisotopic (exact) mass is 359 g/mol. The molecule has 1 aliphatic carbocycles. The van der Waals surface area contributed by atoms with Crippen molar-refractivity contribution in [2.24, 2.45) is 5.92 Å². The van der Waals surface area contributed by atoms with Crippen LogP contribution in [0.25, 0.3) is 16.5 Å². The summed E-state index contributed by atoms with van der Waals surface area (Å²) in [4.78, 5) is 19.6. The van der Waals surface area contributed by atoms with E-state index in [9.17, 15) is 13.6 Å². The number of fused-ring (bicyclic) bond motifs is 2. The summed E-state index contributed by atoms with van der Waals surface area (Å²) in [7, 11) is 2.01. The van der Waals surface area contributed by atoms with Crippen LogP contribution in [0.3, 0.4) is 0 Å². The number of likely N-dealkylation sites (N-methyl/N-ethyl adjacent to an activating group) is 1. The van der Waals surface area contributed by atoms with E-state index >= 15 is 0 Å². The molecule has 1 amide bonds. The Morgan fingerprint density at radius 1 is 1.42 bits per heavy atom. The number of carbonyl (C=O) groups excluding carboxylic acids is 1. The van der Waals surface area contributed by atoms with E-state index < -0.39 is 13.0 Å².